The topological polar surface area (TPSA) is 84.2 Å². The molecule has 21 heavy (non-hydrogen) atoms. The third-order valence-corrected chi connectivity index (χ3v) is 3.06. The first-order chi connectivity index (χ1) is 9.97. The van der Waals surface area contributed by atoms with Crippen molar-refractivity contribution >= 4 is 28.9 Å². The second-order valence-corrected chi connectivity index (χ2v) is 4.74. The number of amides is 2. The summed E-state index contributed by atoms with van der Waals surface area (Å²) in [6, 6.07) is 12.2. The number of nitrogen functional groups attached to an aromatic ring is 1. The smallest absolute Gasteiger partial charge is 0.256 e. The third kappa shape index (κ3) is 3.60. The van der Waals surface area contributed by atoms with Gasteiger partial charge in [0.2, 0.25) is 5.91 Å². The summed E-state index contributed by atoms with van der Waals surface area (Å²) in [6.45, 7) is 3.24. The highest BCUT2D eigenvalue weighted by atomic mass is 16.2. The Labute approximate surface area is 123 Å². The molecule has 0 aliphatic heterocycles. The number of nitrogens with two attached hydrogens (primary N) is 1. The minimum absolute atomic E-state index is 0.162. The zero-order chi connectivity index (χ0) is 15.4. The van der Waals surface area contributed by atoms with Gasteiger partial charge in [0.25, 0.3) is 5.91 Å². The Morgan fingerprint density at radius 2 is 1.62 bits per heavy atom. The van der Waals surface area contributed by atoms with Crippen LogP contribution in [0.1, 0.15) is 22.8 Å². The summed E-state index contributed by atoms with van der Waals surface area (Å²) in [4.78, 5) is 23.3. The maximum absolute atomic E-state index is 12.3. The van der Waals surface area contributed by atoms with E-state index in [9.17, 15) is 9.59 Å². The molecule has 5 heteroatoms. The summed E-state index contributed by atoms with van der Waals surface area (Å²) in [5.41, 5.74) is 8.89. The van der Waals surface area contributed by atoms with Crippen molar-refractivity contribution in [3.8, 4) is 0 Å². The van der Waals surface area contributed by atoms with Crippen molar-refractivity contribution < 1.29 is 9.59 Å². The van der Waals surface area contributed by atoms with E-state index < -0.39 is 0 Å². The first kappa shape index (κ1) is 14.6. The first-order valence-electron chi connectivity index (χ1n) is 6.51. The molecular formula is C16H17N3O2. The van der Waals surface area contributed by atoms with E-state index in [2.05, 4.69) is 10.6 Å². The summed E-state index contributed by atoms with van der Waals surface area (Å²) >= 11 is 0. The zero-order valence-corrected chi connectivity index (χ0v) is 11.9. The summed E-state index contributed by atoms with van der Waals surface area (Å²) in [6.07, 6.45) is 0. The van der Waals surface area contributed by atoms with Crippen molar-refractivity contribution in [1.82, 2.24) is 0 Å². The van der Waals surface area contributed by atoms with Crippen LogP contribution >= 0.6 is 0 Å². The number of nitrogens with one attached hydrogen (secondary N) is 2. The van der Waals surface area contributed by atoms with Crippen LogP contribution in [-0.2, 0) is 4.79 Å². The largest absolute Gasteiger partial charge is 0.398 e. The molecule has 0 spiro atoms. The van der Waals surface area contributed by atoms with Gasteiger partial charge in [0.1, 0.15) is 0 Å². The van der Waals surface area contributed by atoms with Crippen molar-refractivity contribution in [3.63, 3.8) is 0 Å². The molecule has 2 aromatic rings. The quantitative estimate of drug-likeness (QED) is 0.757. The standard InChI is InChI=1S/C16H17N3O2/c1-10-14(7-4-8-15(10)17)16(21)19-13-6-3-5-12(9-13)18-11(2)20/h3-9H,17H2,1-2H3,(H,18,20)(H,19,21). The molecular weight excluding hydrogens is 266 g/mol. The monoisotopic (exact) mass is 283 g/mol. The van der Waals surface area contributed by atoms with Crippen LogP contribution < -0.4 is 16.4 Å². The predicted octanol–water partition coefficient (Wildman–Crippen LogP) is 2.79. The van der Waals surface area contributed by atoms with E-state index in [1.807, 2.05) is 0 Å². The van der Waals surface area contributed by atoms with Crippen molar-refractivity contribution in [2.45, 2.75) is 13.8 Å². The molecule has 0 aliphatic rings. The number of hydrogen-bond donors (Lipinski definition) is 3. The van der Waals surface area contributed by atoms with Gasteiger partial charge < -0.3 is 16.4 Å². The van der Waals surface area contributed by atoms with Crippen molar-refractivity contribution in [2.24, 2.45) is 0 Å². The Morgan fingerprint density at radius 1 is 1.00 bits per heavy atom. The molecule has 0 fully saturated rings. The fourth-order valence-corrected chi connectivity index (χ4v) is 1.98. The molecule has 0 saturated carbocycles. The van der Waals surface area contributed by atoms with Gasteiger partial charge >= 0.3 is 0 Å². The van der Waals surface area contributed by atoms with Gasteiger partial charge in [-0.05, 0) is 42.8 Å². The van der Waals surface area contributed by atoms with Gasteiger partial charge in [-0.25, -0.2) is 0 Å². The fraction of sp³-hybridized carbons (Fsp3) is 0.125. The van der Waals surface area contributed by atoms with Crippen LogP contribution in [0.3, 0.4) is 0 Å². The molecule has 108 valence electrons. The Bertz CT molecular complexity index is 696. The molecule has 0 saturated heterocycles. The molecule has 0 atom stereocenters. The third-order valence-electron chi connectivity index (χ3n) is 3.06. The van der Waals surface area contributed by atoms with Crippen LogP contribution in [-0.4, -0.2) is 11.8 Å². The summed E-state index contributed by atoms with van der Waals surface area (Å²) in [5, 5.41) is 5.46. The molecule has 0 radical (unpaired) electrons. The van der Waals surface area contributed by atoms with Gasteiger partial charge in [0, 0.05) is 29.5 Å². The maximum Gasteiger partial charge on any atom is 0.256 e. The van der Waals surface area contributed by atoms with E-state index in [0.29, 0.717) is 22.6 Å². The molecule has 0 aliphatic carbocycles. The highest BCUT2D eigenvalue weighted by molar-refractivity contribution is 6.06. The molecule has 5 nitrogen and oxygen atoms in total. The van der Waals surface area contributed by atoms with E-state index in [4.69, 9.17) is 5.73 Å². The normalized spacial score (nSPS) is 10.0. The Hall–Kier alpha value is -2.82. The fourth-order valence-electron chi connectivity index (χ4n) is 1.98. The lowest BCUT2D eigenvalue weighted by Gasteiger charge is -2.10. The number of carbonyl (C=O) groups excluding carboxylic acids is 2. The van der Waals surface area contributed by atoms with E-state index >= 15 is 0 Å². The van der Waals surface area contributed by atoms with E-state index in [1.165, 1.54) is 6.92 Å². The first-order valence-corrected chi connectivity index (χ1v) is 6.51. The van der Waals surface area contributed by atoms with Crippen molar-refractivity contribution in [2.75, 3.05) is 16.4 Å². The van der Waals surface area contributed by atoms with Gasteiger partial charge in [0.15, 0.2) is 0 Å². The van der Waals surface area contributed by atoms with Gasteiger partial charge in [-0.3, -0.25) is 9.59 Å². The van der Waals surface area contributed by atoms with Crippen LogP contribution in [0.15, 0.2) is 42.5 Å². The van der Waals surface area contributed by atoms with E-state index in [1.54, 1.807) is 49.4 Å². The van der Waals surface area contributed by atoms with Gasteiger partial charge in [-0.15, -0.1) is 0 Å². The minimum atomic E-state index is -0.236. The SMILES string of the molecule is CC(=O)Nc1cccc(NC(=O)c2cccc(N)c2C)c1. The average Bonchev–Trinajstić information content (AvgIpc) is 2.41. The molecule has 2 aromatic carbocycles. The molecule has 4 N–H and O–H groups in total. The highest BCUT2D eigenvalue weighted by Gasteiger charge is 2.11. The zero-order valence-electron chi connectivity index (χ0n) is 11.9. The van der Waals surface area contributed by atoms with Crippen LogP contribution in [0.4, 0.5) is 17.1 Å². The Morgan fingerprint density at radius 3 is 2.29 bits per heavy atom. The Balaban J connectivity index is 2.20. The lowest BCUT2D eigenvalue weighted by molar-refractivity contribution is -0.114. The second kappa shape index (κ2) is 6.09. The summed E-state index contributed by atoms with van der Waals surface area (Å²) in [7, 11) is 0. The van der Waals surface area contributed by atoms with Crippen molar-refractivity contribution in [3.05, 3.63) is 53.6 Å². The average molecular weight is 283 g/mol. The predicted molar refractivity (Wildman–Crippen MR) is 84.3 cm³/mol. The molecule has 0 bridgehead atoms. The van der Waals surface area contributed by atoms with Crippen LogP contribution in [0.25, 0.3) is 0 Å². The number of carbonyl (C=O) groups is 2. The maximum atomic E-state index is 12.3. The van der Waals surface area contributed by atoms with Crippen LogP contribution in [0.2, 0.25) is 0 Å². The van der Waals surface area contributed by atoms with Gasteiger partial charge in [-0.1, -0.05) is 12.1 Å². The lowest BCUT2D eigenvalue weighted by Crippen LogP contribution is -2.14. The molecule has 0 heterocycles. The van der Waals surface area contributed by atoms with Gasteiger partial charge in [0.05, 0.1) is 0 Å². The van der Waals surface area contributed by atoms with Gasteiger partial charge in [-0.2, -0.15) is 0 Å². The molecule has 0 unspecified atom stereocenters. The van der Waals surface area contributed by atoms with Crippen LogP contribution in [0, 0.1) is 6.92 Å². The molecule has 2 rings (SSSR count). The number of benzene rings is 2. The van der Waals surface area contributed by atoms with Crippen LogP contribution in [0.5, 0.6) is 0 Å². The highest BCUT2D eigenvalue weighted by Crippen LogP contribution is 2.19. The molecule has 2 amide bonds. The second-order valence-electron chi connectivity index (χ2n) is 4.74. The summed E-state index contributed by atoms with van der Waals surface area (Å²) < 4.78 is 0. The minimum Gasteiger partial charge on any atom is -0.398 e. The van der Waals surface area contributed by atoms with Crippen molar-refractivity contribution in [1.29, 1.82) is 0 Å². The lowest BCUT2D eigenvalue weighted by atomic mass is 10.1. The summed E-state index contributed by atoms with van der Waals surface area (Å²) in [5.74, 6) is -0.398. The number of rotatable bonds is 3. The van der Waals surface area contributed by atoms with E-state index in [0.717, 1.165) is 5.56 Å². The number of hydrogen-bond acceptors (Lipinski definition) is 3. The number of anilines is 3. The van der Waals surface area contributed by atoms with E-state index in [-0.39, 0.29) is 11.8 Å². The Kier molecular flexibility index (Phi) is 4.23. The molecule has 0 aromatic heterocycles.